The fraction of sp³-hybridized carbons (Fsp3) is 0.615. The van der Waals surface area contributed by atoms with Crippen LogP contribution in [0.15, 0.2) is 10.5 Å². The Kier molecular flexibility index (Phi) is 3.98. The molecule has 96 valence electrons. The van der Waals surface area contributed by atoms with Crippen LogP contribution in [0.25, 0.3) is 0 Å². The van der Waals surface area contributed by atoms with Gasteiger partial charge in [0.05, 0.1) is 13.5 Å². The third-order valence-corrected chi connectivity index (χ3v) is 3.40. The monoisotopic (exact) mass is 239 g/mol. The molecule has 1 rings (SSSR count). The molecule has 1 aromatic heterocycles. The molecule has 0 fully saturated rings. The third-order valence-electron chi connectivity index (χ3n) is 3.40. The summed E-state index contributed by atoms with van der Waals surface area (Å²) in [7, 11) is 1.39. The summed E-state index contributed by atoms with van der Waals surface area (Å²) < 4.78 is 10.3. The van der Waals surface area contributed by atoms with Crippen LogP contribution >= 0.6 is 0 Å². The SMILES string of the molecule is COC(=O)CC(C)(c1cc(C)oc1C)C(C)N. The first-order chi connectivity index (χ1) is 7.81. The van der Waals surface area contributed by atoms with E-state index in [0.717, 1.165) is 17.1 Å². The lowest BCUT2D eigenvalue weighted by molar-refractivity contribution is -0.142. The molecule has 0 radical (unpaired) electrons. The van der Waals surface area contributed by atoms with E-state index in [1.807, 2.05) is 33.8 Å². The molecule has 1 heterocycles. The molecule has 0 aliphatic carbocycles. The molecule has 0 amide bonds. The van der Waals surface area contributed by atoms with E-state index in [2.05, 4.69) is 0 Å². The van der Waals surface area contributed by atoms with Crippen LogP contribution in [-0.2, 0) is 14.9 Å². The maximum atomic E-state index is 11.5. The van der Waals surface area contributed by atoms with Gasteiger partial charge in [-0.1, -0.05) is 6.92 Å². The van der Waals surface area contributed by atoms with E-state index in [1.54, 1.807) is 0 Å². The Morgan fingerprint density at radius 1 is 1.59 bits per heavy atom. The molecule has 0 saturated heterocycles. The van der Waals surface area contributed by atoms with Gasteiger partial charge in [0.1, 0.15) is 11.5 Å². The largest absolute Gasteiger partial charge is 0.469 e. The van der Waals surface area contributed by atoms with Gasteiger partial charge in [0.15, 0.2) is 0 Å². The predicted octanol–water partition coefficient (Wildman–Crippen LogP) is 2.06. The molecular formula is C13H21NO3. The Morgan fingerprint density at radius 2 is 2.18 bits per heavy atom. The molecule has 0 aliphatic rings. The topological polar surface area (TPSA) is 65.5 Å². The molecular weight excluding hydrogens is 218 g/mol. The van der Waals surface area contributed by atoms with Gasteiger partial charge >= 0.3 is 5.97 Å². The Balaban J connectivity index is 3.16. The van der Waals surface area contributed by atoms with Crippen LogP contribution in [0.2, 0.25) is 0 Å². The standard InChI is InChI=1S/C13H21NO3/c1-8-6-11(9(2)17-8)13(4,10(3)14)7-12(15)16-5/h6,10H,7,14H2,1-5H3. The molecule has 2 unspecified atom stereocenters. The van der Waals surface area contributed by atoms with Gasteiger partial charge in [-0.25, -0.2) is 0 Å². The Bertz CT molecular complexity index is 409. The van der Waals surface area contributed by atoms with Crippen LogP contribution < -0.4 is 5.73 Å². The summed E-state index contributed by atoms with van der Waals surface area (Å²) >= 11 is 0. The fourth-order valence-corrected chi connectivity index (χ4v) is 2.07. The van der Waals surface area contributed by atoms with Crippen molar-refractivity contribution in [3.8, 4) is 0 Å². The number of hydrogen-bond acceptors (Lipinski definition) is 4. The zero-order valence-electron chi connectivity index (χ0n) is 11.2. The molecule has 2 N–H and O–H groups in total. The van der Waals surface area contributed by atoms with Crippen LogP contribution in [0, 0.1) is 13.8 Å². The van der Waals surface area contributed by atoms with E-state index < -0.39 is 5.41 Å². The summed E-state index contributed by atoms with van der Waals surface area (Å²) in [6.07, 6.45) is 0.251. The first-order valence-electron chi connectivity index (χ1n) is 5.71. The Morgan fingerprint density at radius 3 is 2.53 bits per heavy atom. The lowest BCUT2D eigenvalue weighted by Crippen LogP contribution is -2.43. The second-order valence-corrected chi connectivity index (χ2v) is 4.79. The molecule has 17 heavy (non-hydrogen) atoms. The minimum Gasteiger partial charge on any atom is -0.469 e. The minimum atomic E-state index is -0.463. The lowest BCUT2D eigenvalue weighted by Gasteiger charge is -2.32. The summed E-state index contributed by atoms with van der Waals surface area (Å²) in [5.74, 6) is 1.38. The highest BCUT2D eigenvalue weighted by molar-refractivity contribution is 5.71. The maximum absolute atomic E-state index is 11.5. The first kappa shape index (κ1) is 13.8. The molecule has 0 aliphatic heterocycles. The second-order valence-electron chi connectivity index (χ2n) is 4.79. The molecule has 0 spiro atoms. The zero-order chi connectivity index (χ0) is 13.2. The molecule has 0 aromatic carbocycles. The van der Waals surface area contributed by atoms with Crippen molar-refractivity contribution in [1.29, 1.82) is 0 Å². The average Bonchev–Trinajstić information content (AvgIpc) is 2.57. The molecule has 4 nitrogen and oxygen atoms in total. The van der Waals surface area contributed by atoms with E-state index in [-0.39, 0.29) is 18.4 Å². The molecule has 4 heteroatoms. The van der Waals surface area contributed by atoms with Crippen molar-refractivity contribution in [2.75, 3.05) is 7.11 Å². The molecule has 0 saturated carbocycles. The smallest absolute Gasteiger partial charge is 0.306 e. The number of furan rings is 1. The van der Waals surface area contributed by atoms with Crippen LogP contribution in [-0.4, -0.2) is 19.1 Å². The van der Waals surface area contributed by atoms with E-state index in [0.29, 0.717) is 0 Å². The highest BCUT2D eigenvalue weighted by Crippen LogP contribution is 2.34. The highest BCUT2D eigenvalue weighted by atomic mass is 16.5. The van der Waals surface area contributed by atoms with Gasteiger partial charge in [-0.3, -0.25) is 4.79 Å². The van der Waals surface area contributed by atoms with Gasteiger partial charge in [-0.2, -0.15) is 0 Å². The summed E-state index contributed by atoms with van der Waals surface area (Å²) in [6.45, 7) is 7.63. The van der Waals surface area contributed by atoms with E-state index >= 15 is 0 Å². The molecule has 2 atom stereocenters. The number of nitrogens with two attached hydrogens (primary N) is 1. The Labute approximate surface area is 102 Å². The van der Waals surface area contributed by atoms with Crippen molar-refractivity contribution in [1.82, 2.24) is 0 Å². The van der Waals surface area contributed by atoms with Crippen molar-refractivity contribution >= 4 is 5.97 Å². The third kappa shape index (κ3) is 2.69. The van der Waals surface area contributed by atoms with E-state index in [1.165, 1.54) is 7.11 Å². The number of methoxy groups -OCH3 is 1. The lowest BCUT2D eigenvalue weighted by atomic mass is 9.74. The van der Waals surface area contributed by atoms with Crippen LogP contribution in [0.3, 0.4) is 0 Å². The van der Waals surface area contributed by atoms with Gasteiger partial charge in [-0.05, 0) is 26.8 Å². The zero-order valence-corrected chi connectivity index (χ0v) is 11.2. The second kappa shape index (κ2) is 4.92. The first-order valence-corrected chi connectivity index (χ1v) is 5.71. The van der Waals surface area contributed by atoms with Gasteiger partial charge < -0.3 is 14.9 Å². The predicted molar refractivity (Wildman–Crippen MR) is 65.8 cm³/mol. The Hall–Kier alpha value is -1.29. The highest BCUT2D eigenvalue weighted by Gasteiger charge is 2.36. The van der Waals surface area contributed by atoms with E-state index in [4.69, 9.17) is 14.9 Å². The summed E-state index contributed by atoms with van der Waals surface area (Å²) in [5.41, 5.74) is 6.55. The van der Waals surface area contributed by atoms with Crippen molar-refractivity contribution in [3.05, 3.63) is 23.2 Å². The number of ether oxygens (including phenoxy) is 1. The van der Waals surface area contributed by atoms with Crippen LogP contribution in [0.4, 0.5) is 0 Å². The summed E-state index contributed by atoms with van der Waals surface area (Å²) in [5, 5.41) is 0. The number of carbonyl (C=O) groups excluding carboxylic acids is 1. The van der Waals surface area contributed by atoms with Gasteiger partial charge in [0.25, 0.3) is 0 Å². The number of hydrogen-bond donors (Lipinski definition) is 1. The maximum Gasteiger partial charge on any atom is 0.306 e. The number of esters is 1. The van der Waals surface area contributed by atoms with Gasteiger partial charge in [0, 0.05) is 17.0 Å². The number of rotatable bonds is 4. The fourth-order valence-electron chi connectivity index (χ4n) is 2.07. The van der Waals surface area contributed by atoms with Crippen LogP contribution in [0.5, 0.6) is 0 Å². The number of aryl methyl sites for hydroxylation is 2. The van der Waals surface area contributed by atoms with Crippen molar-refractivity contribution < 1.29 is 13.9 Å². The molecule has 0 bridgehead atoms. The summed E-state index contributed by atoms with van der Waals surface area (Å²) in [6, 6.07) is 1.78. The normalized spacial score (nSPS) is 16.4. The number of carbonyl (C=O) groups is 1. The van der Waals surface area contributed by atoms with Gasteiger partial charge in [-0.15, -0.1) is 0 Å². The summed E-state index contributed by atoms with van der Waals surface area (Å²) in [4.78, 5) is 11.5. The molecule has 1 aromatic rings. The quantitative estimate of drug-likeness (QED) is 0.817. The minimum absolute atomic E-state index is 0.169. The van der Waals surface area contributed by atoms with Crippen molar-refractivity contribution in [3.63, 3.8) is 0 Å². The van der Waals surface area contributed by atoms with Crippen molar-refractivity contribution in [2.45, 2.75) is 45.6 Å². The van der Waals surface area contributed by atoms with E-state index in [9.17, 15) is 4.79 Å². The van der Waals surface area contributed by atoms with Gasteiger partial charge in [0.2, 0.25) is 0 Å². The van der Waals surface area contributed by atoms with Crippen LogP contribution in [0.1, 0.15) is 37.4 Å². The average molecular weight is 239 g/mol. The van der Waals surface area contributed by atoms with Crippen molar-refractivity contribution in [2.24, 2.45) is 5.73 Å².